The van der Waals surface area contributed by atoms with E-state index in [0.717, 1.165) is 11.1 Å². The molecule has 0 spiro atoms. The van der Waals surface area contributed by atoms with E-state index >= 15 is 0 Å². The fourth-order valence-corrected chi connectivity index (χ4v) is 2.09. The summed E-state index contributed by atoms with van der Waals surface area (Å²) in [6.07, 6.45) is 1.66. The van der Waals surface area contributed by atoms with Gasteiger partial charge in [-0.2, -0.15) is 15.1 Å². The Labute approximate surface area is 128 Å². The van der Waals surface area contributed by atoms with Crippen LogP contribution in [0.5, 0.6) is 5.75 Å². The zero-order valence-electron chi connectivity index (χ0n) is 12.6. The Balaban J connectivity index is 1.59. The standard InChI is InChI=1S/C15H18N6O/c1-10-3-5-11(6-4-10)22-8-7-17-15-19-13(16)12-9-18-21(2)14(12)20-15/h3-6,9H,7-8H2,1-2H3,(H3,16,17,19,20). The number of benzene rings is 1. The average molecular weight is 298 g/mol. The van der Waals surface area contributed by atoms with Gasteiger partial charge in [0, 0.05) is 7.05 Å². The van der Waals surface area contributed by atoms with Gasteiger partial charge < -0.3 is 15.8 Å². The fraction of sp³-hybridized carbons (Fsp3) is 0.267. The molecule has 2 aromatic heterocycles. The molecule has 0 radical (unpaired) electrons. The number of ether oxygens (including phenoxy) is 1. The van der Waals surface area contributed by atoms with Crippen molar-refractivity contribution >= 4 is 22.8 Å². The Morgan fingerprint density at radius 1 is 1.23 bits per heavy atom. The SMILES string of the molecule is Cc1ccc(OCCNc2nc(N)c3cnn(C)c3n2)cc1. The largest absolute Gasteiger partial charge is 0.492 e. The van der Waals surface area contributed by atoms with Crippen molar-refractivity contribution in [1.82, 2.24) is 19.7 Å². The zero-order chi connectivity index (χ0) is 15.5. The van der Waals surface area contributed by atoms with Crippen molar-refractivity contribution < 1.29 is 4.74 Å². The quantitative estimate of drug-likeness (QED) is 0.697. The minimum Gasteiger partial charge on any atom is -0.492 e. The van der Waals surface area contributed by atoms with E-state index in [1.54, 1.807) is 10.9 Å². The van der Waals surface area contributed by atoms with E-state index in [0.29, 0.717) is 30.6 Å². The van der Waals surface area contributed by atoms with Gasteiger partial charge >= 0.3 is 0 Å². The van der Waals surface area contributed by atoms with Crippen molar-refractivity contribution in [2.24, 2.45) is 7.05 Å². The summed E-state index contributed by atoms with van der Waals surface area (Å²) in [6, 6.07) is 7.93. The summed E-state index contributed by atoms with van der Waals surface area (Å²) in [5.74, 6) is 1.73. The zero-order valence-corrected chi connectivity index (χ0v) is 12.6. The minimum atomic E-state index is 0.417. The molecule has 114 valence electrons. The summed E-state index contributed by atoms with van der Waals surface area (Å²) in [6.45, 7) is 3.13. The monoisotopic (exact) mass is 298 g/mol. The van der Waals surface area contributed by atoms with Crippen molar-refractivity contribution in [2.45, 2.75) is 6.92 Å². The molecule has 1 aromatic carbocycles. The van der Waals surface area contributed by atoms with Crippen LogP contribution >= 0.6 is 0 Å². The molecular weight excluding hydrogens is 280 g/mol. The molecule has 7 heteroatoms. The maximum atomic E-state index is 5.90. The van der Waals surface area contributed by atoms with Crippen LogP contribution in [-0.4, -0.2) is 32.9 Å². The number of nitrogens with zero attached hydrogens (tertiary/aromatic N) is 4. The summed E-state index contributed by atoms with van der Waals surface area (Å²) in [7, 11) is 1.82. The molecule has 2 heterocycles. The van der Waals surface area contributed by atoms with Gasteiger partial charge in [-0.05, 0) is 19.1 Å². The number of fused-ring (bicyclic) bond motifs is 1. The van der Waals surface area contributed by atoms with Gasteiger partial charge in [0.05, 0.1) is 18.1 Å². The lowest BCUT2D eigenvalue weighted by Gasteiger charge is -2.08. The molecule has 0 saturated heterocycles. The van der Waals surface area contributed by atoms with E-state index in [4.69, 9.17) is 10.5 Å². The van der Waals surface area contributed by atoms with Gasteiger partial charge in [-0.3, -0.25) is 4.68 Å². The Kier molecular flexibility index (Phi) is 3.78. The summed E-state index contributed by atoms with van der Waals surface area (Å²) in [4.78, 5) is 8.61. The Morgan fingerprint density at radius 3 is 2.77 bits per heavy atom. The maximum absolute atomic E-state index is 5.90. The van der Waals surface area contributed by atoms with Crippen molar-refractivity contribution in [1.29, 1.82) is 0 Å². The van der Waals surface area contributed by atoms with Crippen LogP contribution in [0.4, 0.5) is 11.8 Å². The first-order valence-corrected chi connectivity index (χ1v) is 7.02. The van der Waals surface area contributed by atoms with E-state index in [9.17, 15) is 0 Å². The van der Waals surface area contributed by atoms with Gasteiger partial charge in [0.2, 0.25) is 5.95 Å². The number of anilines is 2. The van der Waals surface area contributed by atoms with Crippen LogP contribution in [0.15, 0.2) is 30.5 Å². The molecular formula is C15H18N6O. The molecule has 0 atom stereocenters. The first-order valence-electron chi connectivity index (χ1n) is 7.02. The highest BCUT2D eigenvalue weighted by Crippen LogP contribution is 2.18. The lowest BCUT2D eigenvalue weighted by atomic mass is 10.2. The van der Waals surface area contributed by atoms with Crippen molar-refractivity contribution in [3.05, 3.63) is 36.0 Å². The number of hydrogen-bond donors (Lipinski definition) is 2. The number of nitrogens with one attached hydrogen (secondary N) is 1. The van der Waals surface area contributed by atoms with Crippen molar-refractivity contribution in [2.75, 3.05) is 24.2 Å². The molecule has 0 amide bonds. The lowest BCUT2D eigenvalue weighted by molar-refractivity contribution is 0.332. The highest BCUT2D eigenvalue weighted by atomic mass is 16.5. The summed E-state index contributed by atoms with van der Waals surface area (Å²) >= 11 is 0. The van der Waals surface area contributed by atoms with E-state index in [1.165, 1.54) is 5.56 Å². The van der Waals surface area contributed by atoms with Crippen LogP contribution in [0, 0.1) is 6.92 Å². The second kappa shape index (κ2) is 5.88. The molecule has 0 saturated carbocycles. The highest BCUT2D eigenvalue weighted by molar-refractivity contribution is 5.86. The van der Waals surface area contributed by atoms with Gasteiger partial charge in [0.1, 0.15) is 18.2 Å². The van der Waals surface area contributed by atoms with E-state index in [1.807, 2.05) is 38.2 Å². The van der Waals surface area contributed by atoms with Crippen molar-refractivity contribution in [3.63, 3.8) is 0 Å². The number of aromatic nitrogens is 4. The van der Waals surface area contributed by atoms with E-state index in [-0.39, 0.29) is 0 Å². The van der Waals surface area contributed by atoms with Crippen molar-refractivity contribution in [3.8, 4) is 5.75 Å². The van der Waals surface area contributed by atoms with Crippen LogP contribution in [0.2, 0.25) is 0 Å². The topological polar surface area (TPSA) is 90.9 Å². The number of rotatable bonds is 5. The third-order valence-corrected chi connectivity index (χ3v) is 3.30. The molecule has 0 unspecified atom stereocenters. The third-order valence-electron chi connectivity index (χ3n) is 3.30. The Morgan fingerprint density at radius 2 is 2.00 bits per heavy atom. The first-order chi connectivity index (χ1) is 10.6. The number of nitrogen functional groups attached to an aromatic ring is 1. The molecule has 0 aliphatic carbocycles. The average Bonchev–Trinajstić information content (AvgIpc) is 2.88. The minimum absolute atomic E-state index is 0.417. The second-order valence-electron chi connectivity index (χ2n) is 5.03. The normalized spacial score (nSPS) is 10.8. The number of aryl methyl sites for hydroxylation is 2. The van der Waals surface area contributed by atoms with Crippen LogP contribution in [-0.2, 0) is 7.05 Å². The highest BCUT2D eigenvalue weighted by Gasteiger charge is 2.08. The Hall–Kier alpha value is -2.83. The molecule has 0 aliphatic heterocycles. The Bertz CT molecular complexity index is 781. The van der Waals surface area contributed by atoms with E-state index < -0.39 is 0 Å². The molecule has 7 nitrogen and oxygen atoms in total. The number of hydrogen-bond acceptors (Lipinski definition) is 6. The van der Waals surface area contributed by atoms with Crippen LogP contribution in [0.1, 0.15) is 5.56 Å². The summed E-state index contributed by atoms with van der Waals surface area (Å²) in [5.41, 5.74) is 7.81. The van der Waals surface area contributed by atoms with Gasteiger partial charge in [-0.15, -0.1) is 0 Å². The molecule has 0 bridgehead atoms. The van der Waals surface area contributed by atoms with Crippen LogP contribution in [0.25, 0.3) is 11.0 Å². The van der Waals surface area contributed by atoms with Gasteiger partial charge in [-0.1, -0.05) is 17.7 Å². The lowest BCUT2D eigenvalue weighted by Crippen LogP contribution is -2.14. The molecule has 0 fully saturated rings. The van der Waals surface area contributed by atoms with Crippen LogP contribution < -0.4 is 15.8 Å². The molecule has 22 heavy (non-hydrogen) atoms. The first kappa shape index (κ1) is 14.1. The van der Waals surface area contributed by atoms with Gasteiger partial charge in [0.15, 0.2) is 5.65 Å². The maximum Gasteiger partial charge on any atom is 0.226 e. The third kappa shape index (κ3) is 2.93. The smallest absolute Gasteiger partial charge is 0.226 e. The predicted molar refractivity (Wildman–Crippen MR) is 85.9 cm³/mol. The summed E-state index contributed by atoms with van der Waals surface area (Å²) in [5, 5.41) is 7.98. The van der Waals surface area contributed by atoms with E-state index in [2.05, 4.69) is 20.4 Å². The molecule has 0 aliphatic rings. The predicted octanol–water partition coefficient (Wildman–Crippen LogP) is 1.74. The second-order valence-corrected chi connectivity index (χ2v) is 5.03. The van der Waals surface area contributed by atoms with Gasteiger partial charge in [0.25, 0.3) is 0 Å². The molecule has 3 rings (SSSR count). The van der Waals surface area contributed by atoms with Crippen LogP contribution in [0.3, 0.4) is 0 Å². The number of nitrogens with two attached hydrogens (primary N) is 1. The molecule has 3 N–H and O–H groups in total. The molecule has 3 aromatic rings. The fourth-order valence-electron chi connectivity index (χ4n) is 2.09. The van der Waals surface area contributed by atoms with Gasteiger partial charge in [-0.25, -0.2) is 0 Å². The summed E-state index contributed by atoms with van der Waals surface area (Å²) < 4.78 is 7.31.